The molecule has 0 spiro atoms. The van der Waals surface area contributed by atoms with Gasteiger partial charge in [-0.3, -0.25) is 14.0 Å². The van der Waals surface area contributed by atoms with E-state index >= 15 is 0 Å². The highest BCUT2D eigenvalue weighted by molar-refractivity contribution is 6.30. The van der Waals surface area contributed by atoms with E-state index in [4.69, 9.17) is 11.6 Å². The molecule has 4 aromatic rings. The van der Waals surface area contributed by atoms with Gasteiger partial charge in [0.2, 0.25) is 5.91 Å². The fraction of sp³-hybridized carbons (Fsp3) is 0.300. The first-order chi connectivity index (χ1) is 18.4. The van der Waals surface area contributed by atoms with Crippen molar-refractivity contribution in [3.05, 3.63) is 106 Å². The normalized spacial score (nSPS) is 14.1. The Morgan fingerprint density at radius 1 is 1.00 bits per heavy atom. The monoisotopic (exact) mass is 532 g/mol. The molecule has 1 aliphatic rings. The number of likely N-dealkylation sites (tertiary alicyclic amines) is 1. The van der Waals surface area contributed by atoms with Gasteiger partial charge in [-0.25, -0.2) is 9.37 Å². The number of aryl methyl sites for hydroxylation is 1. The molecule has 0 saturated carbocycles. The van der Waals surface area contributed by atoms with Crippen molar-refractivity contribution < 1.29 is 14.0 Å². The minimum atomic E-state index is -0.293. The Balaban J connectivity index is 1.15. The van der Waals surface area contributed by atoms with Crippen LogP contribution in [0.5, 0.6) is 0 Å². The predicted octanol–water partition coefficient (Wildman–Crippen LogP) is 5.57. The van der Waals surface area contributed by atoms with E-state index in [0.717, 1.165) is 29.7 Å². The van der Waals surface area contributed by atoms with Crippen molar-refractivity contribution in [3.8, 4) is 0 Å². The molecule has 2 amide bonds. The van der Waals surface area contributed by atoms with E-state index in [1.165, 1.54) is 17.7 Å². The second-order valence-electron chi connectivity index (χ2n) is 9.72. The van der Waals surface area contributed by atoms with Gasteiger partial charge in [0, 0.05) is 25.8 Å². The van der Waals surface area contributed by atoms with Gasteiger partial charge >= 0.3 is 0 Å². The standard InChI is InChI=1S/C30H30ClFN4O2/c1-2-26-29(36-19-24(31)9-12-27(36)34-26)30(38)33-18-21-3-7-22(8-4-21)23-13-15-35(16-14-23)28(37)17-20-5-10-25(32)11-6-20/h3-12,19,23H,2,13-18H2,1H3,(H,33,38). The van der Waals surface area contributed by atoms with Crippen LogP contribution in [0.1, 0.15) is 58.6 Å². The number of carbonyl (C=O) groups excluding carboxylic acids is 2. The van der Waals surface area contributed by atoms with Gasteiger partial charge in [0.1, 0.15) is 17.2 Å². The summed E-state index contributed by atoms with van der Waals surface area (Å²) in [7, 11) is 0. The SMILES string of the molecule is CCc1nc2ccc(Cl)cn2c1C(=O)NCc1ccc(C2CCN(C(=O)Cc3ccc(F)cc3)CC2)cc1. The van der Waals surface area contributed by atoms with E-state index in [1.807, 2.05) is 30.0 Å². The van der Waals surface area contributed by atoms with Crippen LogP contribution in [-0.4, -0.2) is 39.2 Å². The highest BCUT2D eigenvalue weighted by atomic mass is 35.5. The van der Waals surface area contributed by atoms with E-state index < -0.39 is 0 Å². The Morgan fingerprint density at radius 2 is 1.68 bits per heavy atom. The Kier molecular flexibility index (Phi) is 7.74. The van der Waals surface area contributed by atoms with Crippen molar-refractivity contribution in [2.45, 2.75) is 45.1 Å². The van der Waals surface area contributed by atoms with Gasteiger partial charge in [0.15, 0.2) is 0 Å². The minimum Gasteiger partial charge on any atom is -0.347 e. The number of pyridine rings is 1. The highest BCUT2D eigenvalue weighted by Gasteiger charge is 2.24. The zero-order valence-corrected chi connectivity index (χ0v) is 22.0. The summed E-state index contributed by atoms with van der Waals surface area (Å²) < 4.78 is 14.9. The van der Waals surface area contributed by atoms with Crippen LogP contribution in [-0.2, 0) is 24.2 Å². The van der Waals surface area contributed by atoms with Gasteiger partial charge in [-0.1, -0.05) is 54.9 Å². The fourth-order valence-corrected chi connectivity index (χ4v) is 5.24. The largest absolute Gasteiger partial charge is 0.347 e. The van der Waals surface area contributed by atoms with Crippen LogP contribution in [0.4, 0.5) is 4.39 Å². The number of hydrogen-bond donors (Lipinski definition) is 1. The number of hydrogen-bond acceptors (Lipinski definition) is 3. The van der Waals surface area contributed by atoms with E-state index in [2.05, 4.69) is 22.4 Å². The number of benzene rings is 2. The lowest BCUT2D eigenvalue weighted by atomic mass is 9.89. The number of rotatable bonds is 7. The van der Waals surface area contributed by atoms with Crippen LogP contribution >= 0.6 is 11.6 Å². The third-order valence-electron chi connectivity index (χ3n) is 7.23. The third kappa shape index (κ3) is 5.73. The molecular formula is C30H30ClFN4O2. The Hall–Kier alpha value is -3.71. The van der Waals surface area contributed by atoms with Crippen molar-refractivity contribution in [1.29, 1.82) is 0 Å². The maximum atomic E-state index is 13.1. The number of halogens is 2. The molecule has 5 rings (SSSR count). The molecule has 8 heteroatoms. The number of fused-ring (bicyclic) bond motifs is 1. The number of nitrogens with one attached hydrogen (secondary N) is 1. The number of imidazole rings is 1. The second kappa shape index (κ2) is 11.4. The first-order valence-corrected chi connectivity index (χ1v) is 13.3. The van der Waals surface area contributed by atoms with Gasteiger partial charge in [-0.15, -0.1) is 0 Å². The molecule has 2 aromatic carbocycles. The van der Waals surface area contributed by atoms with Crippen molar-refractivity contribution >= 4 is 29.1 Å². The maximum Gasteiger partial charge on any atom is 0.270 e. The molecule has 2 aromatic heterocycles. The lowest BCUT2D eigenvalue weighted by molar-refractivity contribution is -0.131. The summed E-state index contributed by atoms with van der Waals surface area (Å²) in [6, 6.07) is 18.0. The average Bonchev–Trinajstić information content (AvgIpc) is 3.31. The molecule has 6 nitrogen and oxygen atoms in total. The Morgan fingerprint density at radius 3 is 2.37 bits per heavy atom. The zero-order chi connectivity index (χ0) is 26.6. The number of nitrogens with zero attached hydrogens (tertiary/aromatic N) is 3. The average molecular weight is 533 g/mol. The van der Waals surface area contributed by atoms with Gasteiger partial charge in [0.05, 0.1) is 17.1 Å². The van der Waals surface area contributed by atoms with Crippen LogP contribution < -0.4 is 5.32 Å². The van der Waals surface area contributed by atoms with Gasteiger partial charge < -0.3 is 10.2 Å². The quantitative estimate of drug-likeness (QED) is 0.338. The topological polar surface area (TPSA) is 66.7 Å². The summed E-state index contributed by atoms with van der Waals surface area (Å²) in [5, 5.41) is 3.57. The molecule has 0 atom stereocenters. The Labute approximate surface area is 226 Å². The third-order valence-corrected chi connectivity index (χ3v) is 7.45. The van der Waals surface area contributed by atoms with Gasteiger partial charge in [-0.05, 0) is 66.1 Å². The van der Waals surface area contributed by atoms with Crippen molar-refractivity contribution in [1.82, 2.24) is 19.6 Å². The number of piperidine rings is 1. The van der Waals surface area contributed by atoms with Crippen LogP contribution in [0, 0.1) is 5.82 Å². The maximum absolute atomic E-state index is 13.1. The number of aromatic nitrogens is 2. The molecular weight excluding hydrogens is 503 g/mol. The summed E-state index contributed by atoms with van der Waals surface area (Å²) in [4.78, 5) is 32.2. The van der Waals surface area contributed by atoms with E-state index in [9.17, 15) is 14.0 Å². The summed E-state index contributed by atoms with van der Waals surface area (Å²) in [6.45, 7) is 3.81. The highest BCUT2D eigenvalue weighted by Crippen LogP contribution is 2.28. The zero-order valence-electron chi connectivity index (χ0n) is 21.3. The molecule has 0 bridgehead atoms. The molecule has 1 saturated heterocycles. The summed E-state index contributed by atoms with van der Waals surface area (Å²) in [6.07, 6.45) is 4.47. The molecule has 38 heavy (non-hydrogen) atoms. The fourth-order valence-electron chi connectivity index (χ4n) is 5.08. The van der Waals surface area contributed by atoms with Gasteiger partial charge in [0.25, 0.3) is 5.91 Å². The molecule has 1 N–H and O–H groups in total. The molecule has 0 aliphatic carbocycles. The molecule has 1 aliphatic heterocycles. The predicted molar refractivity (Wildman–Crippen MR) is 146 cm³/mol. The van der Waals surface area contributed by atoms with Gasteiger partial charge in [-0.2, -0.15) is 0 Å². The van der Waals surface area contributed by atoms with Crippen molar-refractivity contribution in [2.24, 2.45) is 0 Å². The van der Waals surface area contributed by atoms with Crippen molar-refractivity contribution in [3.63, 3.8) is 0 Å². The lowest BCUT2D eigenvalue weighted by Gasteiger charge is -2.32. The minimum absolute atomic E-state index is 0.0839. The Bertz CT molecular complexity index is 1440. The van der Waals surface area contributed by atoms with E-state index in [1.54, 1.807) is 28.8 Å². The van der Waals surface area contributed by atoms with Crippen LogP contribution in [0.25, 0.3) is 5.65 Å². The van der Waals surface area contributed by atoms with Crippen molar-refractivity contribution in [2.75, 3.05) is 13.1 Å². The van der Waals surface area contributed by atoms with E-state index in [0.29, 0.717) is 54.8 Å². The van der Waals surface area contributed by atoms with E-state index in [-0.39, 0.29) is 17.6 Å². The molecule has 3 heterocycles. The van der Waals surface area contributed by atoms with Crippen LogP contribution in [0.3, 0.4) is 0 Å². The number of carbonyl (C=O) groups is 2. The smallest absolute Gasteiger partial charge is 0.270 e. The summed E-state index contributed by atoms with van der Waals surface area (Å²) in [5.41, 5.74) is 5.04. The molecule has 196 valence electrons. The molecule has 0 radical (unpaired) electrons. The van der Waals surface area contributed by atoms with Crippen LogP contribution in [0.15, 0.2) is 66.9 Å². The molecule has 0 unspecified atom stereocenters. The lowest BCUT2D eigenvalue weighted by Crippen LogP contribution is -2.38. The second-order valence-corrected chi connectivity index (χ2v) is 10.2. The summed E-state index contributed by atoms with van der Waals surface area (Å²) in [5.74, 6) is 0.000790. The molecule has 1 fully saturated rings. The first-order valence-electron chi connectivity index (χ1n) is 13.0. The first kappa shape index (κ1) is 25.9. The van der Waals surface area contributed by atoms with Crippen LogP contribution in [0.2, 0.25) is 5.02 Å². The number of amides is 2. The summed E-state index contributed by atoms with van der Waals surface area (Å²) >= 11 is 6.15.